The summed E-state index contributed by atoms with van der Waals surface area (Å²) in [7, 11) is 0. The second-order valence-corrected chi connectivity index (χ2v) is 5.61. The van der Waals surface area contributed by atoms with Gasteiger partial charge < -0.3 is 15.5 Å². The summed E-state index contributed by atoms with van der Waals surface area (Å²) in [5.74, 6) is -0.412. The summed E-state index contributed by atoms with van der Waals surface area (Å²) in [5, 5.41) is 3.36. The summed E-state index contributed by atoms with van der Waals surface area (Å²) in [6.07, 6.45) is 2.04. The number of aromatic amines is 1. The molecule has 0 saturated heterocycles. The molecule has 0 aliphatic heterocycles. The number of hydrogen-bond acceptors (Lipinski definition) is 4. The molecule has 0 aliphatic carbocycles. The van der Waals surface area contributed by atoms with E-state index in [1.54, 1.807) is 0 Å². The van der Waals surface area contributed by atoms with Gasteiger partial charge in [-0.1, -0.05) is 6.07 Å². The molecular formula is C14H21N3O2. The first kappa shape index (κ1) is 13.8. The van der Waals surface area contributed by atoms with Gasteiger partial charge in [-0.05, 0) is 50.9 Å². The molecule has 0 spiro atoms. The number of H-pyrrole nitrogens is 1. The van der Waals surface area contributed by atoms with E-state index in [1.165, 1.54) is 0 Å². The van der Waals surface area contributed by atoms with Crippen molar-refractivity contribution in [1.82, 2.24) is 10.3 Å². The van der Waals surface area contributed by atoms with E-state index in [-0.39, 0.29) is 5.54 Å². The highest BCUT2D eigenvalue weighted by Crippen LogP contribution is 2.12. The zero-order chi connectivity index (χ0) is 13.9. The van der Waals surface area contributed by atoms with Gasteiger partial charge in [-0.25, -0.2) is 4.79 Å². The molecule has 2 aromatic rings. The zero-order valence-electron chi connectivity index (χ0n) is 11.5. The highest BCUT2D eigenvalue weighted by Gasteiger charge is 2.09. The van der Waals surface area contributed by atoms with Gasteiger partial charge in [0, 0.05) is 12.1 Å². The van der Waals surface area contributed by atoms with Crippen LogP contribution >= 0.6 is 0 Å². The molecule has 19 heavy (non-hydrogen) atoms. The average Bonchev–Trinajstić information content (AvgIpc) is 2.66. The normalized spacial score (nSPS) is 12.2. The van der Waals surface area contributed by atoms with Gasteiger partial charge in [0.05, 0.1) is 5.52 Å². The lowest BCUT2D eigenvalue weighted by Gasteiger charge is -2.17. The summed E-state index contributed by atoms with van der Waals surface area (Å²) >= 11 is 0. The number of aromatic nitrogens is 1. The standard InChI is InChI=1S/C14H21N3O2/c1-14(2,15)6-3-7-16-9-10-4-5-11-12(8-10)19-13(18)17-11/h4-5,8,16H,3,6-7,9,15H2,1-2H3,(H,17,18). The van der Waals surface area contributed by atoms with Gasteiger partial charge in [0.1, 0.15) is 0 Å². The number of nitrogens with two attached hydrogens (primary N) is 1. The lowest BCUT2D eigenvalue weighted by atomic mass is 10.0. The summed E-state index contributed by atoms with van der Waals surface area (Å²) in [6, 6.07) is 5.72. The van der Waals surface area contributed by atoms with Crippen LogP contribution in [0, 0.1) is 0 Å². The Morgan fingerprint density at radius 3 is 2.95 bits per heavy atom. The van der Waals surface area contributed by atoms with Gasteiger partial charge in [-0.15, -0.1) is 0 Å². The van der Waals surface area contributed by atoms with Gasteiger partial charge >= 0.3 is 5.76 Å². The molecule has 1 aromatic carbocycles. The molecule has 0 saturated carbocycles. The lowest BCUT2D eigenvalue weighted by Crippen LogP contribution is -2.32. The summed E-state index contributed by atoms with van der Waals surface area (Å²) in [4.78, 5) is 13.7. The maximum atomic E-state index is 11.0. The second kappa shape index (κ2) is 5.59. The Hall–Kier alpha value is -1.59. The van der Waals surface area contributed by atoms with Crippen molar-refractivity contribution in [2.45, 2.75) is 38.8 Å². The quantitative estimate of drug-likeness (QED) is 0.693. The van der Waals surface area contributed by atoms with Crippen molar-refractivity contribution >= 4 is 11.1 Å². The molecule has 0 amide bonds. The molecule has 5 heteroatoms. The Bertz CT molecular complexity index is 592. The van der Waals surface area contributed by atoms with Crippen LogP contribution in [-0.4, -0.2) is 17.1 Å². The monoisotopic (exact) mass is 263 g/mol. The minimum atomic E-state index is -0.412. The average molecular weight is 263 g/mol. The number of benzene rings is 1. The third kappa shape index (κ3) is 4.22. The van der Waals surface area contributed by atoms with Gasteiger partial charge in [-0.2, -0.15) is 0 Å². The van der Waals surface area contributed by atoms with Crippen molar-refractivity contribution in [3.8, 4) is 0 Å². The van der Waals surface area contributed by atoms with Crippen molar-refractivity contribution < 1.29 is 4.42 Å². The Morgan fingerprint density at radius 2 is 2.21 bits per heavy atom. The van der Waals surface area contributed by atoms with Crippen molar-refractivity contribution in [3.63, 3.8) is 0 Å². The van der Waals surface area contributed by atoms with Crippen molar-refractivity contribution in [2.24, 2.45) is 5.73 Å². The van der Waals surface area contributed by atoms with Crippen molar-refractivity contribution in [2.75, 3.05) is 6.54 Å². The second-order valence-electron chi connectivity index (χ2n) is 5.61. The molecule has 0 bridgehead atoms. The van der Waals surface area contributed by atoms with E-state index in [0.29, 0.717) is 5.58 Å². The highest BCUT2D eigenvalue weighted by molar-refractivity contribution is 5.72. The van der Waals surface area contributed by atoms with Crippen LogP contribution in [0.3, 0.4) is 0 Å². The van der Waals surface area contributed by atoms with Crippen LogP contribution < -0.4 is 16.8 Å². The van der Waals surface area contributed by atoms with E-state index in [0.717, 1.165) is 37.0 Å². The van der Waals surface area contributed by atoms with Gasteiger partial charge in [0.25, 0.3) is 0 Å². The first-order valence-electron chi connectivity index (χ1n) is 6.55. The molecule has 4 N–H and O–H groups in total. The highest BCUT2D eigenvalue weighted by atomic mass is 16.4. The third-order valence-electron chi connectivity index (χ3n) is 2.99. The Kier molecular flexibility index (Phi) is 4.07. The molecule has 0 radical (unpaired) electrons. The third-order valence-corrected chi connectivity index (χ3v) is 2.99. The SMILES string of the molecule is CC(C)(N)CCCNCc1ccc2[nH]c(=O)oc2c1. The van der Waals surface area contributed by atoms with Crippen LogP contribution in [0.5, 0.6) is 0 Å². The van der Waals surface area contributed by atoms with Crippen molar-refractivity contribution in [3.05, 3.63) is 34.3 Å². The summed E-state index contributed by atoms with van der Waals surface area (Å²) in [6.45, 7) is 5.76. The van der Waals surface area contributed by atoms with Gasteiger partial charge in [0.15, 0.2) is 5.58 Å². The fraction of sp³-hybridized carbons (Fsp3) is 0.500. The summed E-state index contributed by atoms with van der Waals surface area (Å²) < 4.78 is 5.03. The van der Waals surface area contributed by atoms with Crippen LogP contribution in [-0.2, 0) is 6.54 Å². The predicted octanol–water partition coefficient (Wildman–Crippen LogP) is 1.73. The fourth-order valence-corrected chi connectivity index (χ4v) is 2.00. The molecule has 0 aliphatic rings. The fourth-order valence-electron chi connectivity index (χ4n) is 2.00. The van der Waals surface area contributed by atoms with Crippen LogP contribution in [0.15, 0.2) is 27.4 Å². The molecule has 0 unspecified atom stereocenters. The van der Waals surface area contributed by atoms with E-state index >= 15 is 0 Å². The largest absolute Gasteiger partial charge is 0.417 e. The Morgan fingerprint density at radius 1 is 1.42 bits per heavy atom. The smallest absolute Gasteiger partial charge is 0.408 e. The number of rotatable bonds is 6. The van der Waals surface area contributed by atoms with Crippen LogP contribution in [0.25, 0.3) is 11.1 Å². The molecule has 104 valence electrons. The molecule has 5 nitrogen and oxygen atoms in total. The first-order chi connectivity index (χ1) is 8.94. The topological polar surface area (TPSA) is 84.0 Å². The van der Waals surface area contributed by atoms with Crippen LogP contribution in [0.2, 0.25) is 0 Å². The van der Waals surface area contributed by atoms with Crippen molar-refractivity contribution in [1.29, 1.82) is 0 Å². The van der Waals surface area contributed by atoms with E-state index in [1.807, 2.05) is 32.0 Å². The maximum absolute atomic E-state index is 11.0. The number of oxazole rings is 1. The molecule has 1 aromatic heterocycles. The minimum Gasteiger partial charge on any atom is -0.408 e. The zero-order valence-corrected chi connectivity index (χ0v) is 11.5. The predicted molar refractivity (Wildman–Crippen MR) is 76.0 cm³/mol. The number of hydrogen-bond donors (Lipinski definition) is 3. The Balaban J connectivity index is 1.83. The number of fused-ring (bicyclic) bond motifs is 1. The van der Waals surface area contributed by atoms with Crippen LogP contribution in [0.1, 0.15) is 32.3 Å². The minimum absolute atomic E-state index is 0.102. The first-order valence-corrected chi connectivity index (χ1v) is 6.55. The van der Waals surface area contributed by atoms with E-state index in [9.17, 15) is 4.79 Å². The summed E-state index contributed by atoms with van der Waals surface area (Å²) in [5.41, 5.74) is 8.26. The molecular weight excluding hydrogens is 242 g/mol. The van der Waals surface area contributed by atoms with Gasteiger partial charge in [0.2, 0.25) is 0 Å². The lowest BCUT2D eigenvalue weighted by molar-refractivity contribution is 0.448. The van der Waals surface area contributed by atoms with E-state index in [2.05, 4.69) is 10.3 Å². The van der Waals surface area contributed by atoms with Crippen LogP contribution in [0.4, 0.5) is 0 Å². The van der Waals surface area contributed by atoms with Gasteiger partial charge in [-0.3, -0.25) is 4.98 Å². The maximum Gasteiger partial charge on any atom is 0.417 e. The molecule has 0 atom stereocenters. The van der Waals surface area contributed by atoms with E-state index in [4.69, 9.17) is 10.2 Å². The van der Waals surface area contributed by atoms with E-state index < -0.39 is 5.76 Å². The number of nitrogens with one attached hydrogen (secondary N) is 2. The molecule has 2 rings (SSSR count). The molecule has 0 fully saturated rings. The molecule has 1 heterocycles. The Labute approximate surface area is 112 Å².